The minimum atomic E-state index is -0.346. The van der Waals surface area contributed by atoms with Crippen molar-refractivity contribution in [3.8, 4) is 11.8 Å². The lowest BCUT2D eigenvalue weighted by Crippen LogP contribution is -2.37. The van der Waals surface area contributed by atoms with Crippen LogP contribution in [0.5, 0.6) is 5.75 Å². The van der Waals surface area contributed by atoms with E-state index >= 15 is 0 Å². The van der Waals surface area contributed by atoms with Gasteiger partial charge in [0, 0.05) is 10.0 Å². The molecule has 0 aliphatic heterocycles. The zero-order chi connectivity index (χ0) is 17.9. The van der Waals surface area contributed by atoms with Gasteiger partial charge in [0.2, 0.25) is 0 Å². The monoisotopic (exact) mass is 387 g/mol. The number of anilines is 1. The van der Waals surface area contributed by atoms with Crippen LogP contribution in [-0.4, -0.2) is 12.0 Å². The Morgan fingerprint density at radius 2 is 2.00 bits per heavy atom. The number of carbonyl (C=O) groups is 1. The molecular formula is C18H18BrN3O2. The summed E-state index contributed by atoms with van der Waals surface area (Å²) in [5.41, 5.74) is 2.07. The zero-order valence-corrected chi connectivity index (χ0v) is 15.3. The number of nitriles is 1. The number of ether oxygens (including phenoxy) is 1. The van der Waals surface area contributed by atoms with Crippen LogP contribution in [0.3, 0.4) is 0 Å². The molecule has 0 aromatic heterocycles. The number of aryl methyl sites for hydroxylation is 1. The molecule has 0 spiro atoms. The van der Waals surface area contributed by atoms with E-state index in [0.717, 1.165) is 15.0 Å². The van der Waals surface area contributed by atoms with E-state index in [4.69, 9.17) is 10.6 Å². The Balaban J connectivity index is 2.34. The van der Waals surface area contributed by atoms with Gasteiger partial charge in [0.15, 0.2) is 0 Å². The number of carbonyl (C=O) groups excluding carboxylic acids is 1. The molecule has 0 atom stereocenters. The molecule has 124 valence electrons. The maximum Gasteiger partial charge on any atom is 0.272 e. The van der Waals surface area contributed by atoms with Gasteiger partial charge in [-0.05, 0) is 62.7 Å². The van der Waals surface area contributed by atoms with Crippen molar-refractivity contribution < 1.29 is 9.53 Å². The summed E-state index contributed by atoms with van der Waals surface area (Å²) < 4.78 is 6.47. The second-order valence-corrected chi connectivity index (χ2v) is 6.51. The van der Waals surface area contributed by atoms with Crippen LogP contribution >= 0.6 is 15.9 Å². The summed E-state index contributed by atoms with van der Waals surface area (Å²) in [5, 5.41) is 10.3. The Hall–Kier alpha value is -2.36. The van der Waals surface area contributed by atoms with Crippen molar-refractivity contribution in [2.75, 3.05) is 5.01 Å². The predicted octanol–water partition coefficient (Wildman–Crippen LogP) is 3.94. The van der Waals surface area contributed by atoms with Crippen LogP contribution in [0.25, 0.3) is 0 Å². The molecule has 2 aromatic carbocycles. The molecule has 2 rings (SSSR count). The number of rotatable bonds is 4. The molecule has 1 amide bonds. The number of hydrogen-bond donors (Lipinski definition) is 1. The number of halogens is 1. The third-order valence-electron chi connectivity index (χ3n) is 3.36. The van der Waals surface area contributed by atoms with Crippen LogP contribution in [-0.2, 0) is 0 Å². The molecular weight excluding hydrogens is 370 g/mol. The van der Waals surface area contributed by atoms with E-state index < -0.39 is 0 Å². The van der Waals surface area contributed by atoms with Crippen molar-refractivity contribution in [2.24, 2.45) is 5.84 Å². The summed E-state index contributed by atoms with van der Waals surface area (Å²) in [6.07, 6.45) is -0.0519. The van der Waals surface area contributed by atoms with Crippen LogP contribution < -0.4 is 15.6 Å². The van der Waals surface area contributed by atoms with Gasteiger partial charge in [-0.3, -0.25) is 4.79 Å². The Morgan fingerprint density at radius 1 is 1.29 bits per heavy atom. The Bertz CT molecular complexity index is 812. The quantitative estimate of drug-likeness (QED) is 0.489. The normalized spacial score (nSPS) is 10.4. The molecule has 0 aliphatic carbocycles. The van der Waals surface area contributed by atoms with E-state index in [-0.39, 0.29) is 12.0 Å². The summed E-state index contributed by atoms with van der Waals surface area (Å²) in [7, 11) is 0. The van der Waals surface area contributed by atoms with Crippen molar-refractivity contribution in [1.82, 2.24) is 0 Å². The highest BCUT2D eigenvalue weighted by Gasteiger charge is 2.18. The highest BCUT2D eigenvalue weighted by Crippen LogP contribution is 2.26. The molecule has 6 heteroatoms. The molecule has 2 N–H and O–H groups in total. The standard InChI is InChI=1S/C18H18BrN3O2/c1-11(2)24-17-7-5-15(9-13(17)10-20)22(21)18(23)16-6-4-14(19)8-12(16)3/h4-9,11H,21H2,1-3H3. The van der Waals surface area contributed by atoms with E-state index in [0.29, 0.717) is 22.6 Å². The number of nitrogens with zero attached hydrogens (tertiary/aromatic N) is 2. The van der Waals surface area contributed by atoms with Crippen molar-refractivity contribution in [1.29, 1.82) is 5.26 Å². The van der Waals surface area contributed by atoms with Crippen LogP contribution in [0, 0.1) is 18.3 Å². The van der Waals surface area contributed by atoms with Crippen LogP contribution in [0.2, 0.25) is 0 Å². The van der Waals surface area contributed by atoms with E-state index in [2.05, 4.69) is 22.0 Å². The summed E-state index contributed by atoms with van der Waals surface area (Å²) in [6, 6.07) is 12.3. The summed E-state index contributed by atoms with van der Waals surface area (Å²) >= 11 is 3.37. The number of amides is 1. The SMILES string of the molecule is Cc1cc(Br)ccc1C(=O)N(N)c1ccc(OC(C)C)c(C#N)c1. The lowest BCUT2D eigenvalue weighted by Gasteiger charge is -2.19. The zero-order valence-electron chi connectivity index (χ0n) is 13.7. The smallest absolute Gasteiger partial charge is 0.272 e. The van der Waals surface area contributed by atoms with Gasteiger partial charge in [0.05, 0.1) is 17.4 Å². The number of hydrogen-bond acceptors (Lipinski definition) is 4. The molecule has 2 aromatic rings. The second-order valence-electron chi connectivity index (χ2n) is 5.59. The molecule has 0 bridgehead atoms. The highest BCUT2D eigenvalue weighted by molar-refractivity contribution is 9.10. The summed E-state index contributed by atoms with van der Waals surface area (Å²) in [5.74, 6) is 6.10. The predicted molar refractivity (Wildman–Crippen MR) is 96.8 cm³/mol. The fraction of sp³-hybridized carbons (Fsp3) is 0.222. The third-order valence-corrected chi connectivity index (χ3v) is 3.86. The van der Waals surface area contributed by atoms with Gasteiger partial charge >= 0.3 is 0 Å². The van der Waals surface area contributed by atoms with Gasteiger partial charge in [0.25, 0.3) is 5.91 Å². The first kappa shape index (κ1) is 18.0. The minimum Gasteiger partial charge on any atom is -0.490 e. The van der Waals surface area contributed by atoms with Crippen LogP contribution in [0.15, 0.2) is 40.9 Å². The molecule has 0 unspecified atom stereocenters. The molecule has 0 saturated carbocycles. The van der Waals surface area contributed by atoms with Gasteiger partial charge in [-0.25, -0.2) is 10.9 Å². The molecule has 0 heterocycles. The molecule has 0 radical (unpaired) electrons. The maximum atomic E-state index is 12.6. The number of hydrazine groups is 1. The van der Waals surface area contributed by atoms with Crippen molar-refractivity contribution >= 4 is 27.5 Å². The van der Waals surface area contributed by atoms with Crippen molar-refractivity contribution in [2.45, 2.75) is 26.9 Å². The first-order valence-corrected chi connectivity index (χ1v) is 8.19. The summed E-state index contributed by atoms with van der Waals surface area (Å²) in [6.45, 7) is 5.60. The second kappa shape index (κ2) is 7.47. The molecule has 5 nitrogen and oxygen atoms in total. The molecule has 0 aliphatic rings. The molecule has 0 saturated heterocycles. The Kier molecular flexibility index (Phi) is 5.60. The highest BCUT2D eigenvalue weighted by atomic mass is 79.9. The third kappa shape index (κ3) is 3.94. The van der Waals surface area contributed by atoms with Gasteiger partial charge in [-0.15, -0.1) is 0 Å². The van der Waals surface area contributed by atoms with Gasteiger partial charge in [-0.2, -0.15) is 5.26 Å². The summed E-state index contributed by atoms with van der Waals surface area (Å²) in [4.78, 5) is 12.6. The average Bonchev–Trinajstić information content (AvgIpc) is 2.53. The minimum absolute atomic E-state index is 0.0519. The fourth-order valence-electron chi connectivity index (χ4n) is 2.23. The maximum absolute atomic E-state index is 12.6. The van der Waals surface area contributed by atoms with E-state index in [1.807, 2.05) is 26.8 Å². The van der Waals surface area contributed by atoms with Crippen molar-refractivity contribution in [3.63, 3.8) is 0 Å². The van der Waals surface area contributed by atoms with Crippen LogP contribution in [0.4, 0.5) is 5.69 Å². The van der Waals surface area contributed by atoms with Gasteiger partial charge in [-0.1, -0.05) is 15.9 Å². The van der Waals surface area contributed by atoms with Gasteiger partial charge in [0.1, 0.15) is 11.8 Å². The first-order valence-electron chi connectivity index (χ1n) is 7.39. The van der Waals surface area contributed by atoms with Crippen LogP contribution in [0.1, 0.15) is 35.3 Å². The average molecular weight is 388 g/mol. The molecule has 24 heavy (non-hydrogen) atoms. The Labute approximate surface area is 149 Å². The first-order chi connectivity index (χ1) is 11.3. The van der Waals surface area contributed by atoms with E-state index in [1.54, 1.807) is 30.3 Å². The number of benzene rings is 2. The lowest BCUT2D eigenvalue weighted by atomic mass is 10.1. The van der Waals surface area contributed by atoms with Gasteiger partial charge < -0.3 is 4.74 Å². The topological polar surface area (TPSA) is 79.3 Å². The lowest BCUT2D eigenvalue weighted by molar-refractivity contribution is 0.0986. The van der Waals surface area contributed by atoms with Crippen molar-refractivity contribution in [3.05, 3.63) is 57.6 Å². The van der Waals surface area contributed by atoms with E-state index in [9.17, 15) is 10.1 Å². The molecule has 0 fully saturated rings. The van der Waals surface area contributed by atoms with E-state index in [1.165, 1.54) is 0 Å². The number of nitrogens with two attached hydrogens (primary N) is 1. The fourth-order valence-corrected chi connectivity index (χ4v) is 2.70. The largest absolute Gasteiger partial charge is 0.490 e. The Morgan fingerprint density at radius 3 is 2.58 bits per heavy atom.